The molecule has 2 nitrogen and oxygen atoms in total. The molecule has 29 heavy (non-hydrogen) atoms. The molecule has 6 rings (SSSR count). The van der Waals surface area contributed by atoms with Crippen LogP contribution in [0.3, 0.4) is 0 Å². The number of benzene rings is 1. The zero-order valence-corrected chi connectivity index (χ0v) is 18.5. The molecule has 1 N–H and O–H groups in total. The average molecular weight is 394 g/mol. The molecule has 1 aromatic rings. The Morgan fingerprint density at radius 3 is 2.69 bits per heavy atom. The van der Waals surface area contributed by atoms with Gasteiger partial charge in [0, 0.05) is 17.9 Å². The van der Waals surface area contributed by atoms with E-state index < -0.39 is 0 Å². The van der Waals surface area contributed by atoms with Gasteiger partial charge in [-0.3, -0.25) is 4.79 Å². The van der Waals surface area contributed by atoms with Crippen molar-refractivity contribution in [2.75, 3.05) is 6.54 Å². The van der Waals surface area contributed by atoms with Crippen LogP contribution in [0.25, 0.3) is 0 Å². The van der Waals surface area contributed by atoms with Crippen molar-refractivity contribution in [3.8, 4) is 0 Å². The lowest BCUT2D eigenvalue weighted by molar-refractivity contribution is -0.162. The third-order valence-electron chi connectivity index (χ3n) is 9.15. The highest BCUT2D eigenvalue weighted by atomic mass is 16.1. The van der Waals surface area contributed by atoms with E-state index in [0.29, 0.717) is 23.2 Å². The molecule has 4 saturated carbocycles. The van der Waals surface area contributed by atoms with Gasteiger partial charge in [-0.2, -0.15) is 0 Å². The zero-order valence-electron chi connectivity index (χ0n) is 18.5. The quantitative estimate of drug-likeness (QED) is 0.638. The second-order valence-electron chi connectivity index (χ2n) is 11.6. The van der Waals surface area contributed by atoms with Crippen LogP contribution in [-0.4, -0.2) is 18.4 Å². The largest absolute Gasteiger partial charge is 0.314 e. The van der Waals surface area contributed by atoms with Crippen molar-refractivity contribution in [1.29, 1.82) is 0 Å². The Morgan fingerprint density at radius 1 is 1.10 bits per heavy atom. The summed E-state index contributed by atoms with van der Waals surface area (Å²) in [6, 6.07) is 11.9. The summed E-state index contributed by atoms with van der Waals surface area (Å²) >= 11 is 0. The van der Waals surface area contributed by atoms with Gasteiger partial charge in [-0.1, -0.05) is 43.7 Å². The molecule has 0 amide bonds. The molecule has 2 heteroatoms. The second kappa shape index (κ2) is 7.22. The highest BCUT2D eigenvalue weighted by Crippen LogP contribution is 2.71. The maximum atomic E-state index is 14.0. The number of piperidine rings is 1. The summed E-state index contributed by atoms with van der Waals surface area (Å²) in [5.41, 5.74) is 2.17. The SMILES string of the molecule is CCC[C@]12CC3CC(C(=O)C[C@H]4CCN[C@@H](C)C4)(C1)C[C@@](c1ccccc1)(C3)C2. The van der Waals surface area contributed by atoms with Gasteiger partial charge in [0.05, 0.1) is 0 Å². The fourth-order valence-corrected chi connectivity index (χ4v) is 8.77. The summed E-state index contributed by atoms with van der Waals surface area (Å²) in [6.07, 6.45) is 13.3. The summed E-state index contributed by atoms with van der Waals surface area (Å²) in [7, 11) is 0. The van der Waals surface area contributed by atoms with Crippen LogP contribution < -0.4 is 5.32 Å². The third kappa shape index (κ3) is 3.40. The summed E-state index contributed by atoms with van der Waals surface area (Å²) in [5.74, 6) is 2.00. The first-order valence-corrected chi connectivity index (χ1v) is 12.3. The van der Waals surface area contributed by atoms with Gasteiger partial charge in [-0.05, 0) is 99.5 Å². The van der Waals surface area contributed by atoms with Gasteiger partial charge in [-0.25, -0.2) is 0 Å². The second-order valence-corrected chi connectivity index (χ2v) is 11.6. The smallest absolute Gasteiger partial charge is 0.139 e. The van der Waals surface area contributed by atoms with E-state index in [1.54, 1.807) is 0 Å². The van der Waals surface area contributed by atoms with Gasteiger partial charge >= 0.3 is 0 Å². The van der Waals surface area contributed by atoms with Gasteiger partial charge in [0.25, 0.3) is 0 Å². The van der Waals surface area contributed by atoms with E-state index in [1.807, 2.05) is 0 Å². The lowest BCUT2D eigenvalue weighted by Gasteiger charge is -2.67. The summed E-state index contributed by atoms with van der Waals surface area (Å²) in [4.78, 5) is 14.0. The van der Waals surface area contributed by atoms with Crippen molar-refractivity contribution in [2.24, 2.45) is 22.7 Å². The number of hydrogen-bond acceptors (Lipinski definition) is 2. The Morgan fingerprint density at radius 2 is 1.93 bits per heavy atom. The van der Waals surface area contributed by atoms with Crippen molar-refractivity contribution < 1.29 is 4.79 Å². The fourth-order valence-electron chi connectivity index (χ4n) is 8.77. The molecule has 2 unspecified atom stereocenters. The van der Waals surface area contributed by atoms with E-state index in [1.165, 1.54) is 63.4 Å². The summed E-state index contributed by atoms with van der Waals surface area (Å²) < 4.78 is 0. The van der Waals surface area contributed by atoms with E-state index in [4.69, 9.17) is 0 Å². The first kappa shape index (κ1) is 19.8. The van der Waals surface area contributed by atoms with Gasteiger partial charge < -0.3 is 5.32 Å². The minimum Gasteiger partial charge on any atom is -0.314 e. The Kier molecular flexibility index (Phi) is 4.93. The van der Waals surface area contributed by atoms with Gasteiger partial charge in [-0.15, -0.1) is 0 Å². The molecule has 158 valence electrons. The predicted octanol–water partition coefficient (Wildman–Crippen LogP) is 6.04. The molecule has 1 aliphatic heterocycles. The van der Waals surface area contributed by atoms with Crippen LogP contribution in [0, 0.1) is 22.7 Å². The predicted molar refractivity (Wildman–Crippen MR) is 119 cm³/mol. The highest BCUT2D eigenvalue weighted by molar-refractivity contribution is 5.86. The standard InChI is InChI=1S/C27H39NO/c1-3-10-25-14-22-15-26(17-25,23-7-5-4-6-8-23)19-27(16-22,18-25)24(29)13-21-9-11-28-20(2)12-21/h4-8,20-22,28H,3,9-19H2,1-2H3/t20-,21-,22?,25+,26+,27?/m0/s1. The van der Waals surface area contributed by atoms with E-state index in [9.17, 15) is 4.79 Å². The number of Topliss-reactive ketones (excluding diaryl/α,β-unsaturated/α-hetero) is 1. The first-order valence-electron chi connectivity index (χ1n) is 12.3. The lowest BCUT2D eigenvalue weighted by Crippen LogP contribution is -2.61. The number of nitrogens with one attached hydrogen (secondary N) is 1. The van der Waals surface area contributed by atoms with Gasteiger partial charge in [0.2, 0.25) is 0 Å². The zero-order chi connectivity index (χ0) is 20.1. The Balaban J connectivity index is 1.47. The minimum absolute atomic E-state index is 0.0292. The van der Waals surface area contributed by atoms with E-state index >= 15 is 0 Å². The molecule has 0 aromatic heterocycles. The Hall–Kier alpha value is -1.15. The summed E-state index contributed by atoms with van der Waals surface area (Å²) in [5, 5.41) is 3.56. The lowest BCUT2D eigenvalue weighted by atomic mass is 9.37. The van der Waals surface area contributed by atoms with Crippen molar-refractivity contribution in [3.05, 3.63) is 35.9 Å². The topological polar surface area (TPSA) is 29.1 Å². The number of carbonyl (C=O) groups excluding carboxylic acids is 1. The molecule has 1 heterocycles. The Labute approximate surface area is 177 Å². The van der Waals surface area contributed by atoms with E-state index in [0.717, 1.165) is 25.3 Å². The average Bonchev–Trinajstić information content (AvgIpc) is 2.68. The maximum absolute atomic E-state index is 14.0. The molecule has 6 atom stereocenters. The Bertz CT molecular complexity index is 759. The number of hydrogen-bond donors (Lipinski definition) is 1. The number of ketones is 1. The monoisotopic (exact) mass is 393 g/mol. The van der Waals surface area contributed by atoms with Crippen molar-refractivity contribution in [3.63, 3.8) is 0 Å². The normalized spacial score (nSPS) is 43.4. The van der Waals surface area contributed by atoms with Crippen LogP contribution in [0.4, 0.5) is 0 Å². The van der Waals surface area contributed by atoms with E-state index in [2.05, 4.69) is 49.5 Å². The molecule has 5 aliphatic rings. The van der Waals surface area contributed by atoms with Crippen molar-refractivity contribution >= 4 is 5.78 Å². The van der Waals surface area contributed by atoms with Crippen LogP contribution in [0.5, 0.6) is 0 Å². The first-order chi connectivity index (χ1) is 14.0. The molecule has 4 bridgehead atoms. The van der Waals surface area contributed by atoms with Crippen LogP contribution in [-0.2, 0) is 10.2 Å². The molecule has 0 spiro atoms. The molecule has 4 aliphatic carbocycles. The maximum Gasteiger partial charge on any atom is 0.139 e. The van der Waals surface area contributed by atoms with E-state index in [-0.39, 0.29) is 10.8 Å². The van der Waals surface area contributed by atoms with Crippen molar-refractivity contribution in [2.45, 2.75) is 95.9 Å². The molecular formula is C27H39NO. The van der Waals surface area contributed by atoms with Crippen LogP contribution in [0.2, 0.25) is 0 Å². The number of carbonyl (C=O) groups is 1. The molecule has 1 saturated heterocycles. The van der Waals surface area contributed by atoms with Crippen molar-refractivity contribution in [1.82, 2.24) is 5.32 Å². The minimum atomic E-state index is -0.0292. The van der Waals surface area contributed by atoms with Gasteiger partial charge in [0.15, 0.2) is 0 Å². The highest BCUT2D eigenvalue weighted by Gasteiger charge is 2.65. The fraction of sp³-hybridized carbons (Fsp3) is 0.741. The van der Waals surface area contributed by atoms with Gasteiger partial charge in [0.1, 0.15) is 5.78 Å². The van der Waals surface area contributed by atoms with Crippen LogP contribution in [0.15, 0.2) is 30.3 Å². The third-order valence-corrected chi connectivity index (χ3v) is 9.15. The molecule has 1 aromatic carbocycles. The van der Waals surface area contributed by atoms with Crippen LogP contribution >= 0.6 is 0 Å². The van der Waals surface area contributed by atoms with Crippen LogP contribution in [0.1, 0.15) is 90.0 Å². The molecular weight excluding hydrogens is 354 g/mol. The molecule has 0 radical (unpaired) electrons. The summed E-state index contributed by atoms with van der Waals surface area (Å²) in [6.45, 7) is 5.71. The molecule has 5 fully saturated rings. The number of rotatable bonds is 6.